The molecule has 112 valence electrons. The molecule has 2 N–H and O–H groups in total. The Balaban J connectivity index is 1.83. The quantitative estimate of drug-likeness (QED) is 0.772. The highest BCUT2D eigenvalue weighted by Gasteiger charge is 2.14. The van der Waals surface area contributed by atoms with E-state index in [9.17, 15) is 9.59 Å². The van der Waals surface area contributed by atoms with Crippen molar-refractivity contribution in [3.63, 3.8) is 0 Å². The van der Waals surface area contributed by atoms with Crippen LogP contribution in [-0.4, -0.2) is 15.9 Å². The van der Waals surface area contributed by atoms with Crippen molar-refractivity contribution in [2.75, 3.05) is 5.32 Å². The van der Waals surface area contributed by atoms with Crippen molar-refractivity contribution in [3.8, 4) is 11.3 Å². The number of hydrogen-bond donors (Lipinski definition) is 2. The largest absolute Gasteiger partial charge is 0.328 e. The van der Waals surface area contributed by atoms with Crippen LogP contribution in [0.3, 0.4) is 0 Å². The van der Waals surface area contributed by atoms with E-state index in [0.717, 1.165) is 11.3 Å². The standard InChI is InChI=1S/C15H13N3O2S2/c1-8-6-11(9(2)22-8)12-7-21-15(17-12)18-14(20)10-4-3-5-16-13(10)19/h3-7H,1-2H3,(H,16,19)(H,17,18,20). The van der Waals surface area contributed by atoms with Gasteiger partial charge in [-0.25, -0.2) is 4.98 Å². The minimum absolute atomic E-state index is 0.0711. The first kappa shape index (κ1) is 14.7. The second-order valence-electron chi connectivity index (χ2n) is 4.73. The summed E-state index contributed by atoms with van der Waals surface area (Å²) in [6, 6.07) is 5.18. The van der Waals surface area contributed by atoms with Crippen LogP contribution in [0.1, 0.15) is 20.1 Å². The Labute approximate surface area is 134 Å². The van der Waals surface area contributed by atoms with Gasteiger partial charge in [-0.15, -0.1) is 22.7 Å². The number of carbonyl (C=O) groups excluding carboxylic acids is 1. The molecule has 7 heteroatoms. The van der Waals surface area contributed by atoms with E-state index in [1.165, 1.54) is 33.4 Å². The van der Waals surface area contributed by atoms with Crippen LogP contribution >= 0.6 is 22.7 Å². The number of nitrogens with zero attached hydrogens (tertiary/aromatic N) is 1. The molecule has 0 bridgehead atoms. The minimum atomic E-state index is -0.457. The number of H-pyrrole nitrogens is 1. The molecule has 5 nitrogen and oxygen atoms in total. The van der Waals surface area contributed by atoms with E-state index in [0.29, 0.717) is 5.13 Å². The van der Waals surface area contributed by atoms with E-state index < -0.39 is 11.5 Å². The second kappa shape index (κ2) is 5.86. The number of aromatic nitrogens is 2. The lowest BCUT2D eigenvalue weighted by Gasteiger charge is -2.00. The van der Waals surface area contributed by atoms with Crippen LogP contribution < -0.4 is 10.9 Å². The zero-order chi connectivity index (χ0) is 15.7. The summed E-state index contributed by atoms with van der Waals surface area (Å²) in [7, 11) is 0. The van der Waals surface area contributed by atoms with Crippen molar-refractivity contribution in [3.05, 3.63) is 55.4 Å². The normalized spacial score (nSPS) is 10.6. The van der Waals surface area contributed by atoms with Crippen molar-refractivity contribution in [2.45, 2.75) is 13.8 Å². The number of aryl methyl sites for hydroxylation is 2. The van der Waals surface area contributed by atoms with Gasteiger partial charge in [0.1, 0.15) is 5.56 Å². The first-order valence-electron chi connectivity index (χ1n) is 6.56. The van der Waals surface area contributed by atoms with E-state index in [-0.39, 0.29) is 5.56 Å². The summed E-state index contributed by atoms with van der Waals surface area (Å²) in [6.45, 7) is 4.10. The molecule has 3 rings (SSSR count). The number of anilines is 1. The summed E-state index contributed by atoms with van der Waals surface area (Å²) >= 11 is 3.06. The lowest BCUT2D eigenvalue weighted by Crippen LogP contribution is -2.22. The molecule has 0 saturated carbocycles. The summed E-state index contributed by atoms with van der Waals surface area (Å²) in [5.74, 6) is -0.457. The molecule has 0 unspecified atom stereocenters. The van der Waals surface area contributed by atoms with Crippen LogP contribution in [0, 0.1) is 13.8 Å². The fourth-order valence-corrected chi connectivity index (χ4v) is 3.74. The number of rotatable bonds is 3. The Kier molecular flexibility index (Phi) is 3.91. The van der Waals surface area contributed by atoms with Crippen LogP contribution in [0.5, 0.6) is 0 Å². The van der Waals surface area contributed by atoms with Gasteiger partial charge in [0, 0.05) is 26.9 Å². The predicted molar refractivity (Wildman–Crippen MR) is 89.9 cm³/mol. The summed E-state index contributed by atoms with van der Waals surface area (Å²) in [5.41, 5.74) is 1.57. The number of hydrogen-bond acceptors (Lipinski definition) is 5. The third-order valence-electron chi connectivity index (χ3n) is 3.10. The lowest BCUT2D eigenvalue weighted by molar-refractivity contribution is 0.102. The molecule has 0 spiro atoms. The maximum absolute atomic E-state index is 12.1. The molecule has 0 atom stereocenters. The number of carbonyl (C=O) groups is 1. The Morgan fingerprint density at radius 1 is 1.36 bits per heavy atom. The predicted octanol–water partition coefficient (Wildman–Crippen LogP) is 3.43. The van der Waals surface area contributed by atoms with Crippen molar-refractivity contribution in [1.82, 2.24) is 9.97 Å². The third kappa shape index (κ3) is 2.86. The molecule has 1 amide bonds. The zero-order valence-electron chi connectivity index (χ0n) is 12.0. The Bertz CT molecular complexity index is 892. The SMILES string of the molecule is Cc1cc(-c2csc(NC(=O)c3ccc[nH]c3=O)n2)c(C)s1. The number of amides is 1. The Morgan fingerprint density at radius 3 is 2.86 bits per heavy atom. The van der Waals surface area contributed by atoms with Gasteiger partial charge in [-0.2, -0.15) is 0 Å². The molecular formula is C15H13N3O2S2. The van der Waals surface area contributed by atoms with Crippen molar-refractivity contribution < 1.29 is 4.79 Å². The van der Waals surface area contributed by atoms with E-state index >= 15 is 0 Å². The van der Waals surface area contributed by atoms with Gasteiger partial charge in [-0.05, 0) is 32.0 Å². The van der Waals surface area contributed by atoms with Gasteiger partial charge >= 0.3 is 0 Å². The van der Waals surface area contributed by atoms with Crippen LogP contribution in [-0.2, 0) is 0 Å². The highest BCUT2D eigenvalue weighted by atomic mass is 32.1. The van der Waals surface area contributed by atoms with Gasteiger partial charge in [-0.1, -0.05) is 0 Å². The molecule has 22 heavy (non-hydrogen) atoms. The number of aromatic amines is 1. The highest BCUT2D eigenvalue weighted by molar-refractivity contribution is 7.14. The van der Waals surface area contributed by atoms with Gasteiger partial charge in [0.2, 0.25) is 0 Å². The van der Waals surface area contributed by atoms with Crippen LogP contribution in [0.4, 0.5) is 5.13 Å². The van der Waals surface area contributed by atoms with Crippen molar-refractivity contribution in [1.29, 1.82) is 0 Å². The van der Waals surface area contributed by atoms with E-state index in [4.69, 9.17) is 0 Å². The molecule has 0 aliphatic carbocycles. The van der Waals surface area contributed by atoms with Gasteiger partial charge < -0.3 is 4.98 Å². The average molecular weight is 331 g/mol. The van der Waals surface area contributed by atoms with E-state index in [1.54, 1.807) is 17.4 Å². The summed E-state index contributed by atoms with van der Waals surface area (Å²) in [5, 5.41) is 5.05. The van der Waals surface area contributed by atoms with Crippen LogP contribution in [0.25, 0.3) is 11.3 Å². The summed E-state index contributed by atoms with van der Waals surface area (Å²) < 4.78 is 0. The second-order valence-corrected chi connectivity index (χ2v) is 7.05. The molecule has 3 aromatic heterocycles. The monoisotopic (exact) mass is 331 g/mol. The first-order chi connectivity index (χ1) is 10.5. The number of thiophene rings is 1. The topological polar surface area (TPSA) is 74.8 Å². The van der Waals surface area contributed by atoms with E-state index in [1.807, 2.05) is 12.3 Å². The Morgan fingerprint density at radius 2 is 2.18 bits per heavy atom. The van der Waals surface area contributed by atoms with Gasteiger partial charge in [0.15, 0.2) is 5.13 Å². The maximum Gasteiger partial charge on any atom is 0.263 e. The van der Waals surface area contributed by atoms with Gasteiger partial charge in [0.05, 0.1) is 5.69 Å². The molecule has 3 heterocycles. The van der Waals surface area contributed by atoms with Gasteiger partial charge in [-0.3, -0.25) is 14.9 Å². The molecular weight excluding hydrogens is 318 g/mol. The number of thiazole rings is 1. The lowest BCUT2D eigenvalue weighted by atomic mass is 10.2. The fraction of sp³-hybridized carbons (Fsp3) is 0.133. The van der Waals surface area contributed by atoms with Gasteiger partial charge in [0.25, 0.3) is 11.5 Å². The fourth-order valence-electron chi connectivity index (χ4n) is 2.10. The smallest absolute Gasteiger partial charge is 0.263 e. The number of nitrogens with one attached hydrogen (secondary N) is 2. The molecule has 0 aliphatic heterocycles. The minimum Gasteiger partial charge on any atom is -0.328 e. The molecule has 0 fully saturated rings. The highest BCUT2D eigenvalue weighted by Crippen LogP contribution is 2.32. The van der Waals surface area contributed by atoms with Crippen LogP contribution in [0.15, 0.2) is 34.6 Å². The summed E-state index contributed by atoms with van der Waals surface area (Å²) in [6.07, 6.45) is 1.49. The van der Waals surface area contributed by atoms with E-state index in [2.05, 4.69) is 28.3 Å². The Hall–Kier alpha value is -2.25. The van der Waals surface area contributed by atoms with Crippen LogP contribution in [0.2, 0.25) is 0 Å². The first-order valence-corrected chi connectivity index (χ1v) is 8.26. The molecule has 0 aliphatic rings. The summed E-state index contributed by atoms with van der Waals surface area (Å²) in [4.78, 5) is 33.0. The third-order valence-corrected chi connectivity index (χ3v) is 4.83. The molecule has 3 aromatic rings. The molecule has 0 aromatic carbocycles. The number of pyridine rings is 1. The molecule has 0 radical (unpaired) electrons. The van der Waals surface area contributed by atoms with Crippen molar-refractivity contribution in [2.24, 2.45) is 0 Å². The average Bonchev–Trinajstić information content (AvgIpc) is 3.05. The molecule has 0 saturated heterocycles. The zero-order valence-corrected chi connectivity index (χ0v) is 13.6. The maximum atomic E-state index is 12.1. The van der Waals surface area contributed by atoms with Crippen molar-refractivity contribution >= 4 is 33.7 Å².